The largest absolute Gasteiger partial charge is 0.393 e. The molecule has 1 saturated carbocycles. The van der Waals surface area contributed by atoms with E-state index in [1.54, 1.807) is 0 Å². The number of fused-ring (bicyclic) bond motifs is 2. The molecule has 0 amide bonds. The summed E-state index contributed by atoms with van der Waals surface area (Å²) in [7, 11) is 1.97. The summed E-state index contributed by atoms with van der Waals surface area (Å²) in [5.41, 5.74) is -0.635. The topological polar surface area (TPSA) is 49.7 Å². The van der Waals surface area contributed by atoms with Crippen LogP contribution in [0.5, 0.6) is 0 Å². The monoisotopic (exact) mass is 170 g/mol. The molecule has 1 heterocycles. The van der Waals surface area contributed by atoms with Gasteiger partial charge in [0.15, 0.2) is 0 Å². The summed E-state index contributed by atoms with van der Waals surface area (Å²) in [6, 6.07) is 0.0934. The van der Waals surface area contributed by atoms with Crippen molar-refractivity contribution in [3.63, 3.8) is 0 Å². The van der Waals surface area contributed by atoms with E-state index in [0.717, 1.165) is 6.42 Å². The second-order valence-corrected chi connectivity index (χ2v) is 4.25. The molecule has 1 unspecified atom stereocenters. The third-order valence-electron chi connectivity index (χ3n) is 3.46. The molecule has 5 atom stereocenters. The van der Waals surface area contributed by atoms with Crippen LogP contribution in [0.15, 0.2) is 0 Å². The van der Waals surface area contributed by atoms with Crippen molar-refractivity contribution in [3.8, 4) is 0 Å². The third-order valence-corrected chi connectivity index (χ3v) is 3.46. The van der Waals surface area contributed by atoms with E-state index < -0.39 is 11.7 Å². The zero-order chi connectivity index (χ0) is 8.93. The first-order valence-electron chi connectivity index (χ1n) is 4.57. The van der Waals surface area contributed by atoms with E-state index in [1.165, 1.54) is 0 Å². The maximum Gasteiger partial charge on any atom is 0.139 e. The minimum absolute atomic E-state index is 0.0562. The van der Waals surface area contributed by atoms with Gasteiger partial charge in [-0.2, -0.15) is 0 Å². The molecule has 1 saturated heterocycles. The molecular weight excluding hydrogens is 155 g/mol. The Bertz CT molecular complexity index is 185. The van der Waals surface area contributed by atoms with E-state index in [0.29, 0.717) is 5.92 Å². The molecule has 12 heavy (non-hydrogen) atoms. The zero-order valence-electron chi connectivity index (χ0n) is 7.53. The molecule has 0 aromatic heterocycles. The van der Waals surface area contributed by atoms with Crippen LogP contribution >= 0.6 is 0 Å². The summed E-state index contributed by atoms with van der Waals surface area (Å²) < 4.78 is 5.58. The highest BCUT2D eigenvalue weighted by Crippen LogP contribution is 2.50. The number of aliphatic hydroxyl groups excluding tert-OH is 2. The van der Waals surface area contributed by atoms with Crippen LogP contribution in [0.25, 0.3) is 0 Å². The van der Waals surface area contributed by atoms with Gasteiger partial charge in [-0.25, -0.2) is 0 Å². The summed E-state index contributed by atoms with van der Waals surface area (Å²) in [6.45, 7) is 2.06. The van der Waals surface area contributed by atoms with Gasteiger partial charge in [0, 0.05) is 11.9 Å². The van der Waals surface area contributed by atoms with Gasteiger partial charge in [0.2, 0.25) is 0 Å². The first-order valence-corrected chi connectivity index (χ1v) is 4.57. The molecule has 4 heteroatoms. The third kappa shape index (κ3) is 0.831. The predicted octanol–water partition coefficient (Wildman–Crippen LogP) is -1.28. The van der Waals surface area contributed by atoms with Gasteiger partial charge in [-0.3, -0.25) is 0 Å². The standard InChI is InChI=1S/C8H15BO3/c1-4-2-8(3-10)6(11)5(4)7(9)12-8/h4-7,10-11H,2-3,9H2,1H3/t4?,5-,6-,7-,8-/m1/s1. The van der Waals surface area contributed by atoms with Crippen LogP contribution in [0.2, 0.25) is 0 Å². The van der Waals surface area contributed by atoms with E-state index in [1.807, 2.05) is 7.85 Å². The van der Waals surface area contributed by atoms with Crippen LogP contribution in [0.3, 0.4) is 0 Å². The maximum atomic E-state index is 9.84. The highest BCUT2D eigenvalue weighted by Gasteiger charge is 2.60. The second-order valence-electron chi connectivity index (χ2n) is 4.25. The second kappa shape index (κ2) is 2.47. The lowest BCUT2D eigenvalue weighted by Gasteiger charge is -2.30. The van der Waals surface area contributed by atoms with Crippen molar-refractivity contribution in [1.82, 2.24) is 0 Å². The Hall–Kier alpha value is -0.0551. The SMILES string of the molecule is B[C@@H]1O[C@@]2(CO)CC(C)[C@@H]1[C@H]2O. The summed E-state index contributed by atoms with van der Waals surface area (Å²) in [6.07, 6.45) is 0.326. The van der Waals surface area contributed by atoms with Crippen LogP contribution in [0.1, 0.15) is 13.3 Å². The number of aliphatic hydroxyl groups is 2. The highest BCUT2D eigenvalue weighted by atomic mass is 16.5. The van der Waals surface area contributed by atoms with E-state index in [9.17, 15) is 5.11 Å². The number of hydrogen-bond donors (Lipinski definition) is 2. The molecule has 3 nitrogen and oxygen atoms in total. The summed E-state index contributed by atoms with van der Waals surface area (Å²) >= 11 is 0. The van der Waals surface area contributed by atoms with Gasteiger partial charge in [0.05, 0.1) is 12.7 Å². The van der Waals surface area contributed by atoms with Crippen molar-refractivity contribution in [2.75, 3.05) is 6.61 Å². The number of rotatable bonds is 1. The maximum absolute atomic E-state index is 9.84. The molecule has 0 aromatic rings. The van der Waals surface area contributed by atoms with E-state index in [-0.39, 0.29) is 18.5 Å². The van der Waals surface area contributed by atoms with Crippen molar-refractivity contribution in [1.29, 1.82) is 0 Å². The lowest BCUT2D eigenvalue weighted by atomic mass is 9.81. The Labute approximate surface area is 73.1 Å². The van der Waals surface area contributed by atoms with Crippen molar-refractivity contribution in [2.45, 2.75) is 31.1 Å². The Kier molecular flexibility index (Phi) is 1.76. The van der Waals surface area contributed by atoms with E-state index >= 15 is 0 Å². The predicted molar refractivity (Wildman–Crippen MR) is 46.5 cm³/mol. The van der Waals surface area contributed by atoms with Crippen LogP contribution in [0, 0.1) is 11.8 Å². The molecule has 0 aromatic carbocycles. The van der Waals surface area contributed by atoms with E-state index in [4.69, 9.17) is 9.84 Å². The Morgan fingerprint density at radius 3 is 2.67 bits per heavy atom. The molecule has 2 aliphatic rings. The van der Waals surface area contributed by atoms with Gasteiger partial charge in [-0.15, -0.1) is 0 Å². The van der Waals surface area contributed by atoms with Crippen LogP contribution < -0.4 is 0 Å². The zero-order valence-corrected chi connectivity index (χ0v) is 7.53. The average Bonchev–Trinajstić information content (AvgIpc) is 2.37. The van der Waals surface area contributed by atoms with Gasteiger partial charge in [-0.05, 0) is 12.3 Å². The Balaban J connectivity index is 2.28. The van der Waals surface area contributed by atoms with Gasteiger partial charge < -0.3 is 14.9 Å². The quantitative estimate of drug-likeness (QED) is 0.482. The number of hydrogen-bond acceptors (Lipinski definition) is 3. The summed E-state index contributed by atoms with van der Waals surface area (Å²) in [5, 5.41) is 19.0. The molecule has 1 aliphatic carbocycles. The van der Waals surface area contributed by atoms with Crippen LogP contribution in [-0.4, -0.2) is 42.4 Å². The molecule has 2 bridgehead atoms. The summed E-state index contributed by atoms with van der Waals surface area (Å²) in [5.74, 6) is 0.688. The van der Waals surface area contributed by atoms with E-state index in [2.05, 4.69) is 6.92 Å². The molecule has 1 aliphatic heterocycles. The van der Waals surface area contributed by atoms with Gasteiger partial charge in [-0.1, -0.05) is 6.92 Å². The first kappa shape index (κ1) is 8.54. The van der Waals surface area contributed by atoms with Gasteiger partial charge in [0.1, 0.15) is 13.4 Å². The van der Waals surface area contributed by atoms with Crippen LogP contribution in [-0.2, 0) is 4.74 Å². The minimum atomic E-state index is -0.635. The molecular formula is C8H15BO3. The summed E-state index contributed by atoms with van der Waals surface area (Å²) in [4.78, 5) is 0. The molecule has 2 N–H and O–H groups in total. The smallest absolute Gasteiger partial charge is 0.139 e. The Morgan fingerprint density at radius 1 is 1.67 bits per heavy atom. The van der Waals surface area contributed by atoms with Crippen molar-refractivity contribution in [2.24, 2.45) is 11.8 Å². The molecule has 0 radical (unpaired) electrons. The molecule has 68 valence electrons. The highest BCUT2D eigenvalue weighted by molar-refractivity contribution is 6.11. The Morgan fingerprint density at radius 2 is 2.33 bits per heavy atom. The lowest BCUT2D eigenvalue weighted by Crippen LogP contribution is -2.41. The first-order chi connectivity index (χ1) is 5.60. The molecule has 2 fully saturated rings. The van der Waals surface area contributed by atoms with Crippen molar-refractivity contribution >= 4 is 7.85 Å². The van der Waals surface area contributed by atoms with Crippen LogP contribution in [0.4, 0.5) is 0 Å². The molecule has 0 spiro atoms. The van der Waals surface area contributed by atoms with Crippen molar-refractivity contribution in [3.05, 3.63) is 0 Å². The average molecular weight is 170 g/mol. The minimum Gasteiger partial charge on any atom is -0.393 e. The normalized spacial score (nSPS) is 57.9. The molecule has 2 rings (SSSR count). The lowest BCUT2D eigenvalue weighted by molar-refractivity contribution is -0.104. The van der Waals surface area contributed by atoms with Gasteiger partial charge >= 0.3 is 0 Å². The fourth-order valence-electron chi connectivity index (χ4n) is 2.95. The number of ether oxygens (including phenoxy) is 1. The fourth-order valence-corrected chi connectivity index (χ4v) is 2.95. The van der Waals surface area contributed by atoms with Gasteiger partial charge in [0.25, 0.3) is 0 Å². The fraction of sp³-hybridized carbons (Fsp3) is 1.00. The van der Waals surface area contributed by atoms with Crippen molar-refractivity contribution < 1.29 is 14.9 Å².